The molecule has 0 aromatic carbocycles. The summed E-state index contributed by atoms with van der Waals surface area (Å²) in [6.45, 7) is 12.0. The molecule has 0 aromatic rings. The molecule has 0 radical (unpaired) electrons. The van der Waals surface area contributed by atoms with E-state index in [1.54, 1.807) is 0 Å². The number of halogens is 1. The third-order valence-corrected chi connectivity index (χ3v) is 7.66. The average Bonchev–Trinajstić information content (AvgIpc) is 3.23. The van der Waals surface area contributed by atoms with Gasteiger partial charge in [0.1, 0.15) is 6.04 Å². The van der Waals surface area contributed by atoms with Crippen molar-refractivity contribution in [3.05, 3.63) is 12.2 Å². The highest BCUT2D eigenvalue weighted by atomic mass is 35.5. The zero-order valence-corrected chi connectivity index (χ0v) is 20.9. The molecule has 0 saturated carbocycles. The highest BCUT2D eigenvalue weighted by Gasteiger charge is 2.42. The van der Waals surface area contributed by atoms with Crippen LogP contribution in [0.15, 0.2) is 12.2 Å². The number of hydrogen-bond acceptors (Lipinski definition) is 4. The van der Waals surface area contributed by atoms with E-state index < -0.39 is 6.04 Å². The normalized spacial score (nSPS) is 28.1. The molecular formula is C25H47ClN4O3. The molecule has 0 spiro atoms. The van der Waals surface area contributed by atoms with Crippen molar-refractivity contribution in [2.24, 2.45) is 23.2 Å². The molecule has 5 N–H and O–H groups in total. The van der Waals surface area contributed by atoms with Crippen molar-refractivity contribution in [3.8, 4) is 0 Å². The Balaban J connectivity index is 0.00000272. The first-order valence-corrected chi connectivity index (χ1v) is 12.5. The maximum Gasteiger partial charge on any atom is 0.245 e. The van der Waals surface area contributed by atoms with Gasteiger partial charge in [-0.25, -0.2) is 0 Å². The molecule has 7 nitrogen and oxygen atoms in total. The third kappa shape index (κ3) is 7.94. The molecule has 33 heavy (non-hydrogen) atoms. The predicted octanol–water partition coefficient (Wildman–Crippen LogP) is 2.69. The van der Waals surface area contributed by atoms with Gasteiger partial charge in [0.05, 0.1) is 11.5 Å². The second kappa shape index (κ2) is 13.1. The van der Waals surface area contributed by atoms with E-state index >= 15 is 0 Å². The smallest absolute Gasteiger partial charge is 0.245 e. The zero-order valence-electron chi connectivity index (χ0n) is 20.1. The number of piperidine rings is 1. The van der Waals surface area contributed by atoms with Crippen molar-refractivity contribution >= 4 is 23.4 Å². The monoisotopic (exact) mass is 486 g/mol. The van der Waals surface area contributed by atoms with E-state index in [0.29, 0.717) is 18.3 Å². The lowest BCUT2D eigenvalue weighted by atomic mass is 9.65. The van der Waals surface area contributed by atoms with E-state index in [1.165, 1.54) is 0 Å². The van der Waals surface area contributed by atoms with Crippen LogP contribution in [0.25, 0.3) is 0 Å². The number of rotatable bonds is 7. The SMILES string of the molecule is C.CC(C)[C@@H](NC(=O)CCC1NCCN1)C(=O)N1CCC(C2C=CC(Cl)CC2)C(C)(C)C1.O. The molecule has 4 atom stereocenters. The van der Waals surface area contributed by atoms with E-state index in [0.717, 1.165) is 51.9 Å². The van der Waals surface area contributed by atoms with Crippen LogP contribution < -0.4 is 16.0 Å². The van der Waals surface area contributed by atoms with Gasteiger partial charge in [0.15, 0.2) is 0 Å². The minimum atomic E-state index is -0.462. The van der Waals surface area contributed by atoms with Crippen LogP contribution in [0.3, 0.4) is 0 Å². The van der Waals surface area contributed by atoms with Crippen LogP contribution in [0.4, 0.5) is 0 Å². The standard InChI is InChI=1S/C24H41ClN4O2.CH4.H2O/c1-16(2)22(28-21(30)10-9-20-26-12-13-27-20)23(31)29-14-11-19(24(3,4)15-29)17-5-7-18(25)8-6-17;;/h5,7,16-20,22,26-27H,6,8-15H2,1-4H3,(H,28,30);1H4;1H2/t17?,18?,19?,22-;;/m1../s1. The summed E-state index contributed by atoms with van der Waals surface area (Å²) in [6.07, 6.45) is 8.96. The molecule has 8 heteroatoms. The van der Waals surface area contributed by atoms with Crippen molar-refractivity contribution in [3.63, 3.8) is 0 Å². The number of carbonyl (C=O) groups is 2. The Labute approximate surface area is 205 Å². The first-order valence-electron chi connectivity index (χ1n) is 12.0. The molecule has 192 valence electrons. The second-order valence-electron chi connectivity index (χ2n) is 10.6. The minimum absolute atomic E-state index is 0. The van der Waals surface area contributed by atoms with Gasteiger partial charge in [-0.3, -0.25) is 9.59 Å². The van der Waals surface area contributed by atoms with Crippen LogP contribution in [0.5, 0.6) is 0 Å². The third-order valence-electron chi connectivity index (χ3n) is 7.30. The van der Waals surface area contributed by atoms with E-state index in [1.807, 2.05) is 18.7 Å². The van der Waals surface area contributed by atoms with E-state index in [9.17, 15) is 9.59 Å². The Morgan fingerprint density at radius 1 is 1.15 bits per heavy atom. The molecule has 3 unspecified atom stereocenters. The molecule has 3 aliphatic rings. The largest absolute Gasteiger partial charge is 0.412 e. The molecule has 0 bridgehead atoms. The average molecular weight is 487 g/mol. The summed E-state index contributed by atoms with van der Waals surface area (Å²) in [5.74, 6) is 1.17. The number of alkyl halides is 1. The fraction of sp³-hybridized carbons (Fsp3) is 0.840. The maximum atomic E-state index is 13.4. The molecule has 2 heterocycles. The summed E-state index contributed by atoms with van der Waals surface area (Å²) in [6, 6.07) is -0.462. The topological polar surface area (TPSA) is 105 Å². The highest BCUT2D eigenvalue weighted by molar-refractivity contribution is 6.21. The van der Waals surface area contributed by atoms with Crippen LogP contribution >= 0.6 is 11.6 Å². The van der Waals surface area contributed by atoms with Gasteiger partial charge in [0.25, 0.3) is 0 Å². The summed E-state index contributed by atoms with van der Waals surface area (Å²) < 4.78 is 0. The summed E-state index contributed by atoms with van der Waals surface area (Å²) >= 11 is 6.24. The summed E-state index contributed by atoms with van der Waals surface area (Å²) in [5.41, 5.74) is 0.0351. The van der Waals surface area contributed by atoms with E-state index in [2.05, 4.69) is 41.9 Å². The molecule has 2 fully saturated rings. The Morgan fingerprint density at radius 3 is 2.36 bits per heavy atom. The second-order valence-corrected chi connectivity index (χ2v) is 11.1. The van der Waals surface area contributed by atoms with Crippen LogP contribution in [0, 0.1) is 23.2 Å². The zero-order chi connectivity index (χ0) is 22.6. The predicted molar refractivity (Wildman–Crippen MR) is 136 cm³/mol. The first-order chi connectivity index (χ1) is 14.7. The van der Waals surface area contributed by atoms with Crippen molar-refractivity contribution in [1.29, 1.82) is 0 Å². The first kappa shape index (κ1) is 29.9. The molecule has 0 aromatic heterocycles. The lowest BCUT2D eigenvalue weighted by Gasteiger charge is -2.48. The summed E-state index contributed by atoms with van der Waals surface area (Å²) in [4.78, 5) is 27.9. The van der Waals surface area contributed by atoms with Crippen molar-refractivity contribution in [2.75, 3.05) is 26.2 Å². The van der Waals surface area contributed by atoms with Gasteiger partial charge in [-0.1, -0.05) is 47.3 Å². The van der Waals surface area contributed by atoms with Gasteiger partial charge >= 0.3 is 0 Å². The van der Waals surface area contributed by atoms with Crippen LogP contribution in [-0.4, -0.2) is 66.0 Å². The van der Waals surface area contributed by atoms with Gasteiger partial charge in [-0.15, -0.1) is 11.6 Å². The fourth-order valence-corrected chi connectivity index (χ4v) is 5.71. The lowest BCUT2D eigenvalue weighted by Crippen LogP contribution is -2.57. The van der Waals surface area contributed by atoms with Gasteiger partial charge in [0.2, 0.25) is 11.8 Å². The molecular weight excluding hydrogens is 440 g/mol. The number of likely N-dealkylation sites (tertiary alicyclic amines) is 1. The minimum Gasteiger partial charge on any atom is -0.412 e. The van der Waals surface area contributed by atoms with Gasteiger partial charge < -0.3 is 26.3 Å². The molecule has 2 aliphatic heterocycles. The maximum absolute atomic E-state index is 13.4. The number of nitrogens with one attached hydrogen (secondary N) is 3. The van der Waals surface area contributed by atoms with Crippen LogP contribution in [-0.2, 0) is 9.59 Å². The van der Waals surface area contributed by atoms with Crippen molar-refractivity contribution in [2.45, 2.75) is 84.8 Å². The van der Waals surface area contributed by atoms with E-state index in [-0.39, 0.29) is 47.6 Å². The Kier molecular flexibility index (Phi) is 11.8. The fourth-order valence-electron chi connectivity index (χ4n) is 5.50. The van der Waals surface area contributed by atoms with Crippen molar-refractivity contribution < 1.29 is 15.1 Å². The van der Waals surface area contributed by atoms with Gasteiger partial charge in [-0.2, -0.15) is 0 Å². The lowest BCUT2D eigenvalue weighted by molar-refractivity contribution is -0.142. The summed E-state index contributed by atoms with van der Waals surface area (Å²) in [5, 5.41) is 9.85. The highest BCUT2D eigenvalue weighted by Crippen LogP contribution is 2.43. The Bertz CT molecular complexity index is 664. The molecule has 3 rings (SSSR count). The van der Waals surface area contributed by atoms with Gasteiger partial charge in [0, 0.05) is 32.6 Å². The van der Waals surface area contributed by atoms with Crippen LogP contribution in [0.2, 0.25) is 0 Å². The number of amides is 2. The Hall–Kier alpha value is -1.15. The number of carbonyl (C=O) groups excluding carboxylic acids is 2. The van der Waals surface area contributed by atoms with Crippen LogP contribution in [0.1, 0.15) is 67.2 Å². The summed E-state index contributed by atoms with van der Waals surface area (Å²) in [7, 11) is 0. The van der Waals surface area contributed by atoms with E-state index in [4.69, 9.17) is 11.6 Å². The molecule has 1 aliphatic carbocycles. The number of nitrogens with zero attached hydrogens (tertiary/aromatic N) is 1. The molecule has 2 amide bonds. The number of hydrogen-bond donors (Lipinski definition) is 3. The molecule has 2 saturated heterocycles. The van der Waals surface area contributed by atoms with Gasteiger partial charge in [-0.05, 0) is 48.9 Å². The Morgan fingerprint density at radius 2 is 1.82 bits per heavy atom. The quantitative estimate of drug-likeness (QED) is 0.380. The number of allylic oxidation sites excluding steroid dienone is 2. The van der Waals surface area contributed by atoms with Crippen molar-refractivity contribution in [1.82, 2.24) is 20.9 Å².